The van der Waals surface area contributed by atoms with Crippen molar-refractivity contribution in [2.24, 2.45) is 5.73 Å². The van der Waals surface area contributed by atoms with Crippen LogP contribution in [0.5, 0.6) is 11.5 Å². The lowest BCUT2D eigenvalue weighted by atomic mass is 9.95. The van der Waals surface area contributed by atoms with E-state index in [9.17, 15) is 4.79 Å². The maximum Gasteiger partial charge on any atom is 0.220 e. The summed E-state index contributed by atoms with van der Waals surface area (Å²) in [5.74, 6) is 1.31. The number of hydrogen-bond acceptors (Lipinski definition) is 4. The standard InChI is InChI=1S/C22H30N2O3/c1-15-7-5-6-8-17(15)13-19(24-22(25)12-9-16(2)23)18-10-11-20(26-3)21(14-18)27-4/h5-8,10-11,14,16,19H,9,12-13,23H2,1-4H3,(H,24,25). The number of hydrogen-bond donors (Lipinski definition) is 2. The highest BCUT2D eigenvalue weighted by Gasteiger charge is 2.18. The monoisotopic (exact) mass is 370 g/mol. The molecule has 2 rings (SSSR count). The highest BCUT2D eigenvalue weighted by atomic mass is 16.5. The average Bonchev–Trinajstić information content (AvgIpc) is 2.66. The van der Waals surface area contributed by atoms with Gasteiger partial charge in [-0.1, -0.05) is 30.3 Å². The fourth-order valence-electron chi connectivity index (χ4n) is 3.01. The number of rotatable bonds is 9. The predicted molar refractivity (Wildman–Crippen MR) is 108 cm³/mol. The van der Waals surface area contributed by atoms with Gasteiger partial charge in [-0.2, -0.15) is 0 Å². The second-order valence-electron chi connectivity index (χ2n) is 6.88. The van der Waals surface area contributed by atoms with Gasteiger partial charge in [-0.05, 0) is 55.5 Å². The Bertz CT molecular complexity index is 759. The molecule has 2 aromatic rings. The van der Waals surface area contributed by atoms with Gasteiger partial charge in [-0.3, -0.25) is 4.79 Å². The highest BCUT2D eigenvalue weighted by molar-refractivity contribution is 5.76. The molecular weight excluding hydrogens is 340 g/mol. The third-order valence-corrected chi connectivity index (χ3v) is 4.66. The third-order valence-electron chi connectivity index (χ3n) is 4.66. The molecule has 1 amide bonds. The van der Waals surface area contributed by atoms with E-state index in [2.05, 4.69) is 24.4 Å². The molecule has 146 valence electrons. The van der Waals surface area contributed by atoms with E-state index in [1.54, 1.807) is 14.2 Å². The SMILES string of the molecule is COc1ccc(C(Cc2ccccc2C)NC(=O)CCC(C)N)cc1OC. The average molecular weight is 370 g/mol. The Balaban J connectivity index is 2.28. The first-order chi connectivity index (χ1) is 12.9. The zero-order valence-corrected chi connectivity index (χ0v) is 16.6. The van der Waals surface area contributed by atoms with Gasteiger partial charge in [0, 0.05) is 12.5 Å². The lowest BCUT2D eigenvalue weighted by Gasteiger charge is -2.22. The smallest absolute Gasteiger partial charge is 0.220 e. The van der Waals surface area contributed by atoms with Crippen LogP contribution in [-0.4, -0.2) is 26.2 Å². The zero-order valence-electron chi connectivity index (χ0n) is 16.6. The van der Waals surface area contributed by atoms with Gasteiger partial charge < -0.3 is 20.5 Å². The molecule has 0 aliphatic carbocycles. The molecule has 3 N–H and O–H groups in total. The topological polar surface area (TPSA) is 73.6 Å². The highest BCUT2D eigenvalue weighted by Crippen LogP contribution is 2.31. The van der Waals surface area contributed by atoms with Gasteiger partial charge in [-0.25, -0.2) is 0 Å². The first-order valence-electron chi connectivity index (χ1n) is 9.26. The summed E-state index contributed by atoms with van der Waals surface area (Å²) in [6.45, 7) is 3.99. The normalized spacial score (nSPS) is 12.9. The number of methoxy groups -OCH3 is 2. The number of carbonyl (C=O) groups is 1. The van der Waals surface area contributed by atoms with Crippen molar-refractivity contribution in [1.29, 1.82) is 0 Å². The van der Waals surface area contributed by atoms with Crippen LogP contribution in [0.25, 0.3) is 0 Å². The summed E-state index contributed by atoms with van der Waals surface area (Å²) in [5.41, 5.74) is 9.16. The minimum absolute atomic E-state index is 0.000620. The van der Waals surface area contributed by atoms with E-state index in [1.165, 1.54) is 11.1 Å². The van der Waals surface area contributed by atoms with Gasteiger partial charge in [0.1, 0.15) is 0 Å². The molecule has 0 radical (unpaired) electrons. The molecule has 0 saturated carbocycles. The Morgan fingerprint density at radius 3 is 2.44 bits per heavy atom. The van der Waals surface area contributed by atoms with Gasteiger partial charge >= 0.3 is 0 Å². The summed E-state index contributed by atoms with van der Waals surface area (Å²) in [6.07, 6.45) is 1.77. The predicted octanol–water partition coefficient (Wildman–Crippen LogP) is 3.54. The van der Waals surface area contributed by atoms with Crippen LogP contribution in [0.3, 0.4) is 0 Å². The molecule has 5 nitrogen and oxygen atoms in total. The van der Waals surface area contributed by atoms with Crippen LogP contribution in [0, 0.1) is 6.92 Å². The molecule has 0 saturated heterocycles. The second-order valence-corrected chi connectivity index (χ2v) is 6.88. The summed E-state index contributed by atoms with van der Waals surface area (Å²) in [4.78, 5) is 12.5. The summed E-state index contributed by atoms with van der Waals surface area (Å²) in [7, 11) is 3.22. The minimum atomic E-state index is -0.161. The van der Waals surface area contributed by atoms with Crippen LogP contribution in [0.15, 0.2) is 42.5 Å². The summed E-state index contributed by atoms with van der Waals surface area (Å²) < 4.78 is 10.8. The molecule has 2 unspecified atom stereocenters. The quantitative estimate of drug-likeness (QED) is 0.708. The fraction of sp³-hybridized carbons (Fsp3) is 0.409. The van der Waals surface area contributed by atoms with Crippen molar-refractivity contribution in [2.75, 3.05) is 14.2 Å². The van der Waals surface area contributed by atoms with Crippen molar-refractivity contribution in [3.8, 4) is 11.5 Å². The molecule has 5 heteroatoms. The molecule has 0 aliphatic rings. The molecule has 27 heavy (non-hydrogen) atoms. The Morgan fingerprint density at radius 1 is 1.11 bits per heavy atom. The Morgan fingerprint density at radius 2 is 1.81 bits per heavy atom. The molecule has 0 spiro atoms. The molecule has 0 heterocycles. The van der Waals surface area contributed by atoms with E-state index < -0.39 is 0 Å². The molecule has 2 aromatic carbocycles. The minimum Gasteiger partial charge on any atom is -0.493 e. The number of benzene rings is 2. The lowest BCUT2D eigenvalue weighted by molar-refractivity contribution is -0.122. The number of carbonyl (C=O) groups excluding carboxylic acids is 1. The number of nitrogens with one attached hydrogen (secondary N) is 1. The second kappa shape index (κ2) is 9.97. The van der Waals surface area contributed by atoms with Gasteiger partial charge in [0.05, 0.1) is 20.3 Å². The maximum absolute atomic E-state index is 12.5. The first kappa shape index (κ1) is 20.8. The summed E-state index contributed by atoms with van der Waals surface area (Å²) in [5, 5.41) is 3.16. The molecule has 0 bridgehead atoms. The molecule has 0 fully saturated rings. The van der Waals surface area contributed by atoms with Crippen molar-refractivity contribution < 1.29 is 14.3 Å². The van der Waals surface area contributed by atoms with E-state index in [0.717, 1.165) is 5.56 Å². The van der Waals surface area contributed by atoms with Crippen LogP contribution >= 0.6 is 0 Å². The van der Waals surface area contributed by atoms with Gasteiger partial charge in [-0.15, -0.1) is 0 Å². The van der Waals surface area contributed by atoms with Crippen LogP contribution < -0.4 is 20.5 Å². The molecule has 2 atom stereocenters. The van der Waals surface area contributed by atoms with Crippen molar-refractivity contribution in [3.63, 3.8) is 0 Å². The lowest BCUT2D eigenvalue weighted by Crippen LogP contribution is -2.31. The largest absolute Gasteiger partial charge is 0.493 e. The number of nitrogens with two attached hydrogens (primary N) is 1. The summed E-state index contributed by atoms with van der Waals surface area (Å²) in [6, 6.07) is 13.8. The van der Waals surface area contributed by atoms with Crippen LogP contribution in [0.2, 0.25) is 0 Å². The molecular formula is C22H30N2O3. The van der Waals surface area contributed by atoms with Crippen molar-refractivity contribution in [3.05, 3.63) is 59.2 Å². The fourth-order valence-corrected chi connectivity index (χ4v) is 3.01. The Kier molecular flexibility index (Phi) is 7.67. The van der Waals surface area contributed by atoms with Crippen LogP contribution in [0.1, 0.15) is 42.5 Å². The van der Waals surface area contributed by atoms with Crippen molar-refractivity contribution in [1.82, 2.24) is 5.32 Å². The number of ether oxygens (including phenoxy) is 2. The zero-order chi connectivity index (χ0) is 19.8. The first-order valence-corrected chi connectivity index (χ1v) is 9.26. The van der Waals surface area contributed by atoms with E-state index in [4.69, 9.17) is 15.2 Å². The van der Waals surface area contributed by atoms with Gasteiger partial charge in [0.15, 0.2) is 11.5 Å². The number of amides is 1. The van der Waals surface area contributed by atoms with Gasteiger partial charge in [0.2, 0.25) is 5.91 Å². The van der Waals surface area contributed by atoms with E-state index >= 15 is 0 Å². The Hall–Kier alpha value is -2.53. The molecule has 0 aliphatic heterocycles. The van der Waals surface area contributed by atoms with Crippen LogP contribution in [0.4, 0.5) is 0 Å². The van der Waals surface area contributed by atoms with E-state index in [0.29, 0.717) is 30.8 Å². The van der Waals surface area contributed by atoms with Crippen molar-refractivity contribution in [2.45, 2.75) is 45.2 Å². The third kappa shape index (κ3) is 6.00. The number of aryl methyl sites for hydroxylation is 1. The van der Waals surface area contributed by atoms with Gasteiger partial charge in [0.25, 0.3) is 0 Å². The summed E-state index contributed by atoms with van der Waals surface area (Å²) >= 11 is 0. The van der Waals surface area contributed by atoms with E-state index in [-0.39, 0.29) is 18.0 Å². The van der Waals surface area contributed by atoms with Crippen molar-refractivity contribution >= 4 is 5.91 Å². The van der Waals surface area contributed by atoms with Crippen LogP contribution in [-0.2, 0) is 11.2 Å². The van der Waals surface area contributed by atoms with E-state index in [1.807, 2.05) is 37.3 Å². The molecule has 0 aromatic heterocycles. The maximum atomic E-state index is 12.5. The Labute approximate surface area is 161 Å².